The van der Waals surface area contributed by atoms with Crippen molar-refractivity contribution in [2.75, 3.05) is 13.1 Å². The summed E-state index contributed by atoms with van der Waals surface area (Å²) >= 11 is 12.8. The van der Waals surface area contributed by atoms with Crippen molar-refractivity contribution in [2.24, 2.45) is 0 Å². The van der Waals surface area contributed by atoms with Crippen molar-refractivity contribution in [3.63, 3.8) is 0 Å². The van der Waals surface area contributed by atoms with Crippen molar-refractivity contribution in [3.05, 3.63) is 131 Å². The van der Waals surface area contributed by atoms with Crippen LogP contribution in [-0.2, 0) is 41.9 Å². The van der Waals surface area contributed by atoms with Crippen molar-refractivity contribution in [1.29, 1.82) is 10.8 Å². The van der Waals surface area contributed by atoms with E-state index < -0.39 is 36.9 Å². The fourth-order valence-electron chi connectivity index (χ4n) is 8.54. The third-order valence-corrected chi connectivity index (χ3v) is 15.4. The van der Waals surface area contributed by atoms with Gasteiger partial charge < -0.3 is 9.47 Å². The molecule has 10 aromatic rings. The van der Waals surface area contributed by atoms with Crippen molar-refractivity contribution < 1.29 is 39.7 Å². The number of ether oxygens (including phenoxy) is 2. The lowest BCUT2D eigenvalue weighted by Crippen LogP contribution is -2.37. The number of aryl methyl sites for hydroxylation is 2. The molecule has 0 bridgehead atoms. The summed E-state index contributed by atoms with van der Waals surface area (Å²) < 4.78 is 74.5. The summed E-state index contributed by atoms with van der Waals surface area (Å²) in [7, 11) is -11.1. The molecule has 0 saturated carbocycles. The first kappa shape index (κ1) is 52.9. The molecule has 0 fully saturated rings. The highest BCUT2D eigenvalue weighted by Gasteiger charge is 2.41. The fourth-order valence-corrected chi connectivity index (χ4v) is 11.0. The molecule has 0 spiro atoms. The van der Waals surface area contributed by atoms with Gasteiger partial charge in [-0.3, -0.25) is 55.1 Å². The molecule has 0 aliphatic carbocycles. The topological polar surface area (TPSA) is 321 Å². The Balaban J connectivity index is 0.701. The molecular formula is C49H44Cl2N16O9S2. The van der Waals surface area contributed by atoms with E-state index in [1.165, 1.54) is 0 Å². The van der Waals surface area contributed by atoms with Crippen LogP contribution < -0.4 is 9.47 Å². The summed E-state index contributed by atoms with van der Waals surface area (Å²) in [4.78, 5) is 30.5. The van der Waals surface area contributed by atoms with Gasteiger partial charge >= 0.3 is 24.7 Å². The number of halogens is 2. The number of hydroxylamine groups is 4. The summed E-state index contributed by atoms with van der Waals surface area (Å²) in [5.41, 5.74) is 8.08. The van der Waals surface area contributed by atoms with Crippen LogP contribution in [-0.4, -0.2) is 117 Å². The van der Waals surface area contributed by atoms with E-state index in [9.17, 15) is 21.6 Å². The maximum absolute atomic E-state index is 12.9. The van der Waals surface area contributed by atoms with Gasteiger partial charge in [0.05, 0.1) is 45.5 Å². The van der Waals surface area contributed by atoms with E-state index >= 15 is 0 Å². The van der Waals surface area contributed by atoms with E-state index in [1.807, 2.05) is 50.2 Å². The zero-order chi connectivity index (χ0) is 54.7. The van der Waals surface area contributed by atoms with Crippen LogP contribution >= 0.6 is 23.2 Å². The van der Waals surface area contributed by atoms with Crippen LogP contribution in [0.3, 0.4) is 0 Å². The van der Waals surface area contributed by atoms with Gasteiger partial charge in [0.25, 0.3) is 0 Å². The van der Waals surface area contributed by atoms with Crippen LogP contribution in [0.4, 0.5) is 4.79 Å². The van der Waals surface area contributed by atoms with E-state index in [0.29, 0.717) is 88.9 Å². The molecule has 0 saturated heterocycles. The molecule has 4 N–H and O–H groups in total. The predicted octanol–water partition coefficient (Wildman–Crippen LogP) is 8.58. The molecule has 0 aliphatic heterocycles. The average Bonchev–Trinajstić information content (AvgIpc) is 4.32. The standard InChI is InChI=1S/C49H44Cl2N16O9S2/c1-29(37-17-33(50)19-43-47(37)56-11-9-54-43)73-35-5-7-41-39(21-35)45(62-60-41)31-23-58-64(25-31)13-3-15-66(27-52)75-77(69,70)49(68)78(71,72)76-67(28-53)16-4-14-65-26-32(24-59-65)46-40-22-36(6-8-42(40)61-63-46)74-30(2)38-18-34(51)20-44-48(38)57-12-10-55-44/h5-12,17-30,52-53H,3-4,13-16H2,1-2H3,(H,60,62)(H,61,63). The van der Waals surface area contributed by atoms with Crippen LogP contribution in [0.5, 0.6) is 11.5 Å². The Hall–Kier alpha value is -8.47. The maximum atomic E-state index is 12.9. The van der Waals surface area contributed by atoms with E-state index in [4.69, 9.17) is 52.1 Å². The van der Waals surface area contributed by atoms with Crippen molar-refractivity contribution in [3.8, 4) is 34.0 Å². The first-order valence-electron chi connectivity index (χ1n) is 23.7. The molecule has 0 aliphatic rings. The molecule has 400 valence electrons. The number of hydrogen-bond donors (Lipinski definition) is 4. The summed E-state index contributed by atoms with van der Waals surface area (Å²) in [6, 6.07) is 18.0. The van der Waals surface area contributed by atoms with Crippen LogP contribution in [0, 0.1) is 10.8 Å². The van der Waals surface area contributed by atoms with Gasteiger partial charge in [-0.1, -0.05) is 23.2 Å². The Bertz CT molecular complexity index is 3870. The SMILES string of the molecule is CC(Oc1ccc2[nH]nc(-c3cnn(CCCN(C=N)OS(=O)(=O)C(=O)S(=O)(=O)ON(C=N)CCCn4cc(-c5n[nH]c6ccc(OC(C)c7cc(Cl)cc8nccnc78)cc56)cn4)c3)c2c1)c1cc(Cl)cc2nccnc12. The largest absolute Gasteiger partial charge is 0.486 e. The van der Waals surface area contributed by atoms with E-state index in [1.54, 1.807) is 83.2 Å². The second-order valence-corrected chi connectivity index (χ2v) is 21.4. The van der Waals surface area contributed by atoms with Gasteiger partial charge in [-0.15, -0.1) is 8.57 Å². The summed E-state index contributed by atoms with van der Waals surface area (Å²) in [5, 5.41) is 42.6. The van der Waals surface area contributed by atoms with Gasteiger partial charge in [-0.05, 0) is 87.4 Å². The zero-order valence-electron chi connectivity index (χ0n) is 41.1. The third-order valence-electron chi connectivity index (χ3n) is 12.1. The van der Waals surface area contributed by atoms with E-state index in [-0.39, 0.29) is 39.0 Å². The Kier molecular flexibility index (Phi) is 15.1. The summed E-state index contributed by atoms with van der Waals surface area (Å²) in [6.07, 6.45) is 13.3. The minimum absolute atomic E-state index is 0.121. The van der Waals surface area contributed by atoms with Crippen LogP contribution in [0.25, 0.3) is 66.4 Å². The van der Waals surface area contributed by atoms with Gasteiger partial charge in [0, 0.05) is 106 Å². The van der Waals surface area contributed by atoms with Gasteiger partial charge in [0.1, 0.15) is 47.8 Å². The minimum Gasteiger partial charge on any atom is -0.486 e. The lowest BCUT2D eigenvalue weighted by Gasteiger charge is -2.19. The molecule has 6 aromatic heterocycles. The highest BCUT2D eigenvalue weighted by molar-refractivity contribution is 8.27. The highest BCUT2D eigenvalue weighted by Crippen LogP contribution is 2.35. The molecule has 0 radical (unpaired) electrons. The molecule has 29 heteroatoms. The molecule has 2 unspecified atom stereocenters. The van der Waals surface area contributed by atoms with Gasteiger partial charge in [0.2, 0.25) is 0 Å². The maximum Gasteiger partial charge on any atom is 0.417 e. The van der Waals surface area contributed by atoms with Gasteiger partial charge in [-0.2, -0.15) is 37.2 Å². The summed E-state index contributed by atoms with van der Waals surface area (Å²) in [5.74, 6) is 1.11. The molecule has 6 heterocycles. The van der Waals surface area contributed by atoms with E-state index in [2.05, 4.69) is 50.5 Å². The Morgan fingerprint density at radius 1 is 0.641 bits per heavy atom. The molecule has 4 aromatic carbocycles. The van der Waals surface area contributed by atoms with Crippen molar-refractivity contribution in [1.82, 2.24) is 70.0 Å². The fraction of sp³-hybridized carbons (Fsp3) is 0.204. The Labute approximate surface area is 453 Å². The Morgan fingerprint density at radius 2 is 1.06 bits per heavy atom. The number of hydrogen-bond acceptors (Lipinski definition) is 19. The molecule has 10 rings (SSSR count). The molecule has 78 heavy (non-hydrogen) atoms. The van der Waals surface area contributed by atoms with Gasteiger partial charge in [0.15, 0.2) is 0 Å². The molecule has 2 atom stereocenters. The second kappa shape index (κ2) is 22.2. The lowest BCUT2D eigenvalue weighted by atomic mass is 10.1. The average molecular weight is 1140 g/mol. The number of fused-ring (bicyclic) bond motifs is 4. The lowest BCUT2D eigenvalue weighted by molar-refractivity contribution is 0.0290. The number of carbonyl (C=O) groups excluding carboxylic acids is 1. The smallest absolute Gasteiger partial charge is 0.417 e. The normalized spacial score (nSPS) is 12.8. The van der Waals surface area contributed by atoms with Crippen LogP contribution in [0.2, 0.25) is 10.0 Å². The minimum atomic E-state index is -5.57. The quantitative estimate of drug-likeness (QED) is 0.0280. The highest BCUT2D eigenvalue weighted by atomic mass is 35.5. The van der Waals surface area contributed by atoms with Crippen molar-refractivity contribution in [2.45, 2.75) is 52.0 Å². The second-order valence-electron chi connectivity index (χ2n) is 17.5. The van der Waals surface area contributed by atoms with Crippen LogP contribution in [0.15, 0.2) is 110 Å². The van der Waals surface area contributed by atoms with Gasteiger partial charge in [-0.25, -0.2) is 10.1 Å². The third kappa shape index (κ3) is 11.5. The molecular weight excluding hydrogens is 1090 g/mol. The molecule has 25 nitrogen and oxygen atoms in total. The number of rotatable bonds is 22. The number of nitrogens with zero attached hydrogens (tertiary/aromatic N) is 12. The monoisotopic (exact) mass is 1130 g/mol. The van der Waals surface area contributed by atoms with E-state index in [0.717, 1.165) is 32.9 Å². The number of benzene rings is 4. The number of aromatic amines is 2. The van der Waals surface area contributed by atoms with Crippen LogP contribution in [0.1, 0.15) is 50.0 Å². The van der Waals surface area contributed by atoms with Crippen molar-refractivity contribution >= 4 is 104 Å². The first-order chi connectivity index (χ1) is 37.5. The zero-order valence-corrected chi connectivity index (χ0v) is 44.2. The number of aromatic nitrogens is 12. The molecule has 0 amide bonds. The number of carbonyl (C=O) groups is 1. The Morgan fingerprint density at radius 3 is 1.49 bits per heavy atom. The summed E-state index contributed by atoms with van der Waals surface area (Å²) in [6.45, 7) is 3.56. The predicted molar refractivity (Wildman–Crippen MR) is 287 cm³/mol. The number of H-pyrrole nitrogens is 2. The first-order valence-corrected chi connectivity index (χ1v) is 27.3. The number of nitrogens with one attached hydrogen (secondary N) is 4.